The molecule has 1 aliphatic rings. The minimum atomic E-state index is -3.76. The summed E-state index contributed by atoms with van der Waals surface area (Å²) in [4.78, 5) is 4.19. The number of sulfonamides is 1. The molecular formula is C17H24N4O3S. The van der Waals surface area contributed by atoms with Crippen molar-refractivity contribution in [1.82, 2.24) is 14.3 Å². The lowest BCUT2D eigenvalue weighted by molar-refractivity contribution is 0.0702. The number of ether oxygens (including phenoxy) is 1. The van der Waals surface area contributed by atoms with Crippen molar-refractivity contribution >= 4 is 15.7 Å². The first kappa shape index (κ1) is 17.8. The molecule has 0 radical (unpaired) electrons. The first-order chi connectivity index (χ1) is 11.6. The molecule has 8 heteroatoms. The molecule has 0 aliphatic carbocycles. The van der Waals surface area contributed by atoms with Crippen molar-refractivity contribution < 1.29 is 13.2 Å². The molecule has 0 bridgehead atoms. The van der Waals surface area contributed by atoms with Gasteiger partial charge in [0.05, 0.1) is 6.04 Å². The van der Waals surface area contributed by atoms with E-state index >= 15 is 0 Å². The Morgan fingerprint density at radius 2 is 2.16 bits per heavy atom. The summed E-state index contributed by atoms with van der Waals surface area (Å²) in [5.41, 5.74) is 6.70. The van der Waals surface area contributed by atoms with Gasteiger partial charge in [0.2, 0.25) is 0 Å². The fourth-order valence-corrected chi connectivity index (χ4v) is 4.38. The molecule has 1 aromatic carbocycles. The van der Waals surface area contributed by atoms with Crippen LogP contribution < -0.4 is 15.2 Å². The maximum Gasteiger partial charge on any atom is 0.260 e. The van der Waals surface area contributed by atoms with Crippen LogP contribution in [0.25, 0.3) is 0 Å². The van der Waals surface area contributed by atoms with E-state index in [1.165, 1.54) is 0 Å². The van der Waals surface area contributed by atoms with E-state index < -0.39 is 21.7 Å². The molecule has 3 rings (SSSR count). The summed E-state index contributed by atoms with van der Waals surface area (Å²) >= 11 is 0. The normalized spacial score (nSPS) is 19.3. The second-order valence-electron chi connectivity index (χ2n) is 6.95. The largest absolute Gasteiger partial charge is 0.487 e. The number of fused-ring (bicyclic) bond motifs is 1. The van der Waals surface area contributed by atoms with E-state index in [1.54, 1.807) is 35.9 Å². The number of aromatic nitrogens is 2. The van der Waals surface area contributed by atoms with Crippen LogP contribution in [-0.4, -0.2) is 23.6 Å². The molecule has 0 amide bonds. The van der Waals surface area contributed by atoms with Crippen molar-refractivity contribution in [3.63, 3.8) is 0 Å². The maximum atomic E-state index is 12.8. The third kappa shape index (κ3) is 3.50. The topological polar surface area (TPSA) is 99.2 Å². The number of nitrogens with one attached hydrogen (secondary N) is 1. The lowest BCUT2D eigenvalue weighted by atomic mass is 9.90. The van der Waals surface area contributed by atoms with E-state index in [2.05, 4.69) is 9.71 Å². The summed E-state index contributed by atoms with van der Waals surface area (Å²) in [7, 11) is -3.76. The minimum Gasteiger partial charge on any atom is -0.487 e. The van der Waals surface area contributed by atoms with Gasteiger partial charge in [-0.15, -0.1) is 0 Å². The molecule has 1 aromatic heterocycles. The summed E-state index contributed by atoms with van der Waals surface area (Å²) in [6, 6.07) is 4.86. The number of imidazole rings is 1. The maximum absolute atomic E-state index is 12.8. The lowest BCUT2D eigenvalue weighted by Crippen LogP contribution is -2.41. The summed E-state index contributed by atoms with van der Waals surface area (Å²) in [6.07, 6.45) is 2.05. The zero-order chi connectivity index (χ0) is 18.4. The van der Waals surface area contributed by atoms with Crippen molar-refractivity contribution in [1.29, 1.82) is 0 Å². The van der Waals surface area contributed by atoms with E-state index in [-0.39, 0.29) is 5.03 Å². The molecule has 2 aromatic rings. The SMILES string of the molecule is CCn1cc(S(=O)(=O)NC2CC(C)(C)Oc3ccc(N)cc32)nc1C. The predicted octanol–water partition coefficient (Wildman–Crippen LogP) is 2.37. The lowest BCUT2D eigenvalue weighted by Gasteiger charge is -2.37. The quantitative estimate of drug-likeness (QED) is 0.812. The number of benzene rings is 1. The molecule has 2 heterocycles. The van der Waals surface area contributed by atoms with Gasteiger partial charge in [0.25, 0.3) is 10.0 Å². The number of anilines is 1. The van der Waals surface area contributed by atoms with Crippen molar-refractivity contribution in [2.45, 2.75) is 57.3 Å². The third-order valence-electron chi connectivity index (χ3n) is 4.36. The standard InChI is InChI=1S/C17H24N4O3S/c1-5-21-10-16(19-11(21)2)25(22,23)20-14-9-17(3,4)24-15-7-6-12(18)8-13(14)15/h6-8,10,14,20H,5,9,18H2,1-4H3. The molecule has 7 nitrogen and oxygen atoms in total. The van der Waals surface area contributed by atoms with Crippen LogP contribution in [0.1, 0.15) is 44.6 Å². The number of aryl methyl sites for hydroxylation is 2. The Morgan fingerprint density at radius 3 is 2.80 bits per heavy atom. The van der Waals surface area contributed by atoms with Gasteiger partial charge in [-0.2, -0.15) is 0 Å². The molecule has 0 saturated heterocycles. The Hall–Kier alpha value is -2.06. The van der Waals surface area contributed by atoms with Crippen LogP contribution in [0.3, 0.4) is 0 Å². The number of hydrogen-bond donors (Lipinski definition) is 2. The zero-order valence-corrected chi connectivity index (χ0v) is 15.7. The number of nitrogens with two attached hydrogens (primary N) is 1. The van der Waals surface area contributed by atoms with Crippen molar-refractivity contribution in [3.05, 3.63) is 35.8 Å². The minimum absolute atomic E-state index is 0.0293. The van der Waals surface area contributed by atoms with E-state index in [4.69, 9.17) is 10.5 Å². The second kappa shape index (κ2) is 6.03. The Labute approximate surface area is 148 Å². The number of rotatable bonds is 4. The molecular weight excluding hydrogens is 340 g/mol. The number of hydrogen-bond acceptors (Lipinski definition) is 5. The first-order valence-corrected chi connectivity index (χ1v) is 9.74. The molecule has 0 spiro atoms. The van der Waals surface area contributed by atoms with Gasteiger partial charge < -0.3 is 15.0 Å². The molecule has 25 heavy (non-hydrogen) atoms. The number of nitrogens with zero attached hydrogens (tertiary/aromatic N) is 2. The smallest absolute Gasteiger partial charge is 0.260 e. The van der Waals surface area contributed by atoms with Crippen LogP contribution in [0, 0.1) is 6.92 Å². The Morgan fingerprint density at radius 1 is 1.44 bits per heavy atom. The first-order valence-electron chi connectivity index (χ1n) is 8.26. The van der Waals surface area contributed by atoms with E-state index in [9.17, 15) is 8.42 Å². The summed E-state index contributed by atoms with van der Waals surface area (Å²) in [5, 5.41) is 0.0293. The molecule has 0 saturated carbocycles. The summed E-state index contributed by atoms with van der Waals surface area (Å²) < 4.78 is 36.2. The van der Waals surface area contributed by atoms with Gasteiger partial charge >= 0.3 is 0 Å². The van der Waals surface area contributed by atoms with Gasteiger partial charge in [0.1, 0.15) is 17.2 Å². The molecule has 136 valence electrons. The Bertz CT molecular complexity index is 903. The highest BCUT2D eigenvalue weighted by atomic mass is 32.2. The van der Waals surface area contributed by atoms with Crippen molar-refractivity contribution in [3.8, 4) is 5.75 Å². The zero-order valence-electron chi connectivity index (χ0n) is 14.9. The van der Waals surface area contributed by atoms with E-state index in [0.717, 1.165) is 5.56 Å². The molecule has 1 atom stereocenters. The van der Waals surface area contributed by atoms with Crippen molar-refractivity contribution in [2.75, 3.05) is 5.73 Å². The molecule has 1 unspecified atom stereocenters. The van der Waals surface area contributed by atoms with Crippen molar-refractivity contribution in [2.24, 2.45) is 0 Å². The van der Waals surface area contributed by atoms with Gasteiger partial charge in [-0.1, -0.05) is 0 Å². The van der Waals surface area contributed by atoms with Crippen LogP contribution in [0.2, 0.25) is 0 Å². The Kier molecular flexibility index (Phi) is 4.28. The van der Waals surface area contributed by atoms with Crippen LogP contribution in [0.15, 0.2) is 29.4 Å². The summed E-state index contributed by atoms with van der Waals surface area (Å²) in [6.45, 7) is 8.26. The van der Waals surface area contributed by atoms with Crippen LogP contribution in [0.5, 0.6) is 5.75 Å². The van der Waals surface area contributed by atoms with E-state index in [1.807, 2.05) is 20.8 Å². The van der Waals surface area contributed by atoms with Gasteiger partial charge in [-0.3, -0.25) is 0 Å². The highest BCUT2D eigenvalue weighted by molar-refractivity contribution is 7.89. The fraction of sp³-hybridized carbons (Fsp3) is 0.471. The van der Waals surface area contributed by atoms with Gasteiger partial charge in [0.15, 0.2) is 5.03 Å². The summed E-state index contributed by atoms with van der Waals surface area (Å²) in [5.74, 6) is 1.31. The van der Waals surface area contributed by atoms with Gasteiger partial charge in [-0.05, 0) is 45.9 Å². The van der Waals surface area contributed by atoms with Crippen LogP contribution in [0.4, 0.5) is 5.69 Å². The fourth-order valence-electron chi connectivity index (χ4n) is 3.15. The second-order valence-corrected chi connectivity index (χ2v) is 8.61. The monoisotopic (exact) mass is 364 g/mol. The molecule has 0 fully saturated rings. The highest BCUT2D eigenvalue weighted by Crippen LogP contribution is 2.40. The predicted molar refractivity (Wildman–Crippen MR) is 95.9 cm³/mol. The molecule has 3 N–H and O–H groups in total. The van der Waals surface area contributed by atoms with Gasteiger partial charge in [-0.25, -0.2) is 18.1 Å². The molecule has 1 aliphatic heterocycles. The average Bonchev–Trinajstić information content (AvgIpc) is 2.89. The van der Waals surface area contributed by atoms with Gasteiger partial charge in [0, 0.05) is 30.4 Å². The van der Waals surface area contributed by atoms with Crippen LogP contribution in [-0.2, 0) is 16.6 Å². The van der Waals surface area contributed by atoms with E-state index in [0.29, 0.717) is 30.2 Å². The Balaban J connectivity index is 1.97. The highest BCUT2D eigenvalue weighted by Gasteiger charge is 2.36. The number of nitrogen functional groups attached to an aromatic ring is 1. The van der Waals surface area contributed by atoms with Crippen LogP contribution >= 0.6 is 0 Å². The third-order valence-corrected chi connectivity index (χ3v) is 5.70. The average molecular weight is 364 g/mol.